The Hall–Kier alpha value is -2.98. The van der Waals surface area contributed by atoms with Gasteiger partial charge in [-0.25, -0.2) is 18.2 Å². The molecular weight excluding hydrogens is 420 g/mol. The Morgan fingerprint density at radius 2 is 1.87 bits per heavy atom. The summed E-state index contributed by atoms with van der Waals surface area (Å²) in [5.74, 6) is -0.785. The van der Waals surface area contributed by atoms with E-state index in [1.165, 1.54) is 27.1 Å². The summed E-state index contributed by atoms with van der Waals surface area (Å²) in [5, 5.41) is 2.64. The first-order valence-corrected chi connectivity index (χ1v) is 11.6. The van der Waals surface area contributed by atoms with Crippen molar-refractivity contribution in [3.05, 3.63) is 52.6 Å². The quantitative estimate of drug-likeness (QED) is 0.647. The van der Waals surface area contributed by atoms with Gasteiger partial charge in [0.1, 0.15) is 12.4 Å². The van der Waals surface area contributed by atoms with Gasteiger partial charge in [-0.05, 0) is 49.6 Å². The second kappa shape index (κ2) is 8.64. The minimum absolute atomic E-state index is 0.0798. The smallest absolute Gasteiger partial charge is 0.408 e. The molecule has 1 saturated heterocycles. The van der Waals surface area contributed by atoms with E-state index in [-0.39, 0.29) is 17.0 Å². The lowest BCUT2D eigenvalue weighted by Crippen LogP contribution is -2.31. The maximum Gasteiger partial charge on any atom is 0.420 e. The largest absolute Gasteiger partial charge is 0.420 e. The number of sulfonamides is 1. The number of hydrogen-bond acceptors (Lipinski definition) is 6. The number of amides is 1. The highest BCUT2D eigenvalue weighted by molar-refractivity contribution is 7.89. The average Bonchev–Trinajstić information content (AvgIpc) is 2.89. The van der Waals surface area contributed by atoms with Gasteiger partial charge in [0.2, 0.25) is 15.9 Å². The number of aromatic nitrogens is 2. The van der Waals surface area contributed by atoms with E-state index in [1.807, 2.05) is 6.92 Å². The van der Waals surface area contributed by atoms with Crippen LogP contribution in [0.3, 0.4) is 0 Å². The normalized spacial score (nSPS) is 15.6. The number of rotatable bonds is 5. The van der Waals surface area contributed by atoms with Crippen molar-refractivity contribution in [1.82, 2.24) is 13.9 Å². The molecule has 1 amide bonds. The molecule has 1 aromatic carbocycles. The maximum atomic E-state index is 13.0. The number of anilines is 1. The van der Waals surface area contributed by atoms with Crippen LogP contribution in [0.15, 0.2) is 50.6 Å². The molecule has 1 N–H and O–H groups in total. The molecule has 1 aliphatic heterocycles. The van der Waals surface area contributed by atoms with Gasteiger partial charge in [0.25, 0.3) is 0 Å². The Morgan fingerprint density at radius 1 is 1.13 bits per heavy atom. The van der Waals surface area contributed by atoms with Crippen molar-refractivity contribution in [1.29, 1.82) is 0 Å². The van der Waals surface area contributed by atoms with E-state index in [0.717, 1.165) is 31.2 Å². The number of hydrogen-bond donors (Lipinski definition) is 1. The topological polar surface area (TPSA) is 115 Å². The summed E-state index contributed by atoms with van der Waals surface area (Å²) in [5.41, 5.74) is 1.42. The minimum atomic E-state index is -3.67. The molecule has 2 aromatic heterocycles. The van der Waals surface area contributed by atoms with Crippen molar-refractivity contribution < 1.29 is 17.6 Å². The van der Waals surface area contributed by atoms with Gasteiger partial charge in [0, 0.05) is 25.4 Å². The van der Waals surface area contributed by atoms with Crippen LogP contribution in [0, 0.1) is 6.92 Å². The fourth-order valence-electron chi connectivity index (χ4n) is 3.72. The van der Waals surface area contributed by atoms with E-state index in [4.69, 9.17) is 4.42 Å². The molecule has 31 heavy (non-hydrogen) atoms. The summed E-state index contributed by atoms with van der Waals surface area (Å²) in [6.07, 6.45) is 5.28. The van der Waals surface area contributed by atoms with Crippen LogP contribution in [-0.4, -0.2) is 41.3 Å². The number of aryl methyl sites for hydroxylation is 1. The Morgan fingerprint density at radius 3 is 2.58 bits per heavy atom. The number of nitrogens with zero attached hydrogens (tertiary/aromatic N) is 3. The molecule has 0 saturated carbocycles. The molecule has 0 atom stereocenters. The second-order valence-corrected chi connectivity index (χ2v) is 9.61. The molecule has 9 nitrogen and oxygen atoms in total. The van der Waals surface area contributed by atoms with Crippen LogP contribution in [0.25, 0.3) is 11.1 Å². The molecule has 1 fully saturated rings. The molecule has 4 rings (SSSR count). The van der Waals surface area contributed by atoms with Crippen LogP contribution >= 0.6 is 0 Å². The number of benzene rings is 1. The summed E-state index contributed by atoms with van der Waals surface area (Å²) in [6, 6.07) is 7.83. The Kier molecular flexibility index (Phi) is 5.92. The fourth-order valence-corrected chi connectivity index (χ4v) is 5.25. The zero-order valence-electron chi connectivity index (χ0n) is 17.2. The second-order valence-electron chi connectivity index (χ2n) is 7.67. The summed E-state index contributed by atoms with van der Waals surface area (Å²) in [6.45, 7) is 2.57. The van der Waals surface area contributed by atoms with Gasteiger partial charge in [0.05, 0.1) is 10.4 Å². The van der Waals surface area contributed by atoms with Crippen molar-refractivity contribution >= 4 is 32.8 Å². The first kappa shape index (κ1) is 21.3. The molecule has 0 spiro atoms. The third-order valence-electron chi connectivity index (χ3n) is 5.33. The Labute approximate surface area is 179 Å². The van der Waals surface area contributed by atoms with E-state index in [2.05, 4.69) is 10.3 Å². The van der Waals surface area contributed by atoms with E-state index < -0.39 is 21.7 Å². The zero-order valence-corrected chi connectivity index (χ0v) is 18.0. The SMILES string of the molecule is Cc1ccnc(NC(=O)Cn2c(=O)oc3cc(S(=O)(=O)N4CCCCCC4)ccc32)c1. The highest BCUT2D eigenvalue weighted by atomic mass is 32.2. The molecule has 3 aromatic rings. The summed E-state index contributed by atoms with van der Waals surface area (Å²) < 4.78 is 33.9. The number of pyridine rings is 1. The van der Waals surface area contributed by atoms with E-state index in [9.17, 15) is 18.0 Å². The van der Waals surface area contributed by atoms with Gasteiger partial charge < -0.3 is 9.73 Å². The Balaban J connectivity index is 1.58. The first-order valence-electron chi connectivity index (χ1n) is 10.2. The lowest BCUT2D eigenvalue weighted by atomic mass is 10.2. The van der Waals surface area contributed by atoms with Gasteiger partial charge in [-0.3, -0.25) is 9.36 Å². The summed E-state index contributed by atoms with van der Waals surface area (Å²) in [4.78, 5) is 28.9. The number of oxazole rings is 1. The third-order valence-corrected chi connectivity index (χ3v) is 7.22. The number of fused-ring (bicyclic) bond motifs is 1. The molecule has 10 heteroatoms. The van der Waals surface area contributed by atoms with Crippen LogP contribution in [0.2, 0.25) is 0 Å². The van der Waals surface area contributed by atoms with Crippen molar-refractivity contribution in [3.63, 3.8) is 0 Å². The first-order chi connectivity index (χ1) is 14.8. The average molecular weight is 445 g/mol. The van der Waals surface area contributed by atoms with E-state index >= 15 is 0 Å². The van der Waals surface area contributed by atoms with Gasteiger partial charge in [0.15, 0.2) is 5.58 Å². The fraction of sp³-hybridized carbons (Fsp3) is 0.381. The van der Waals surface area contributed by atoms with Crippen LogP contribution in [0.5, 0.6) is 0 Å². The van der Waals surface area contributed by atoms with Crippen molar-refractivity contribution in [2.24, 2.45) is 0 Å². The van der Waals surface area contributed by atoms with Crippen molar-refractivity contribution in [2.75, 3.05) is 18.4 Å². The monoisotopic (exact) mass is 444 g/mol. The molecule has 0 radical (unpaired) electrons. The number of carbonyl (C=O) groups excluding carboxylic acids is 1. The van der Waals surface area contributed by atoms with Gasteiger partial charge in [-0.2, -0.15) is 4.31 Å². The van der Waals surface area contributed by atoms with Gasteiger partial charge in [-0.1, -0.05) is 12.8 Å². The standard InChI is InChI=1S/C21H24N4O5S/c1-15-8-9-22-19(12-15)23-20(26)14-25-17-7-6-16(13-18(17)30-21(25)27)31(28,29)24-10-4-2-3-5-11-24/h6-9,12-13H,2-5,10-11,14H2,1H3,(H,22,23,26). The lowest BCUT2D eigenvalue weighted by molar-refractivity contribution is -0.116. The number of carbonyl (C=O) groups is 1. The molecular formula is C21H24N4O5S. The highest BCUT2D eigenvalue weighted by Crippen LogP contribution is 2.24. The van der Waals surface area contributed by atoms with Crippen molar-refractivity contribution in [2.45, 2.75) is 44.0 Å². The molecule has 3 heterocycles. The molecule has 0 bridgehead atoms. The summed E-state index contributed by atoms with van der Waals surface area (Å²) in [7, 11) is -3.67. The third kappa shape index (κ3) is 4.54. The van der Waals surface area contributed by atoms with Gasteiger partial charge in [-0.15, -0.1) is 0 Å². The highest BCUT2D eigenvalue weighted by Gasteiger charge is 2.26. The predicted molar refractivity (Wildman–Crippen MR) is 115 cm³/mol. The molecule has 164 valence electrons. The van der Waals surface area contributed by atoms with E-state index in [1.54, 1.807) is 18.3 Å². The summed E-state index contributed by atoms with van der Waals surface area (Å²) >= 11 is 0. The van der Waals surface area contributed by atoms with Crippen LogP contribution in [0.4, 0.5) is 5.82 Å². The lowest BCUT2D eigenvalue weighted by Gasteiger charge is -2.19. The van der Waals surface area contributed by atoms with Crippen molar-refractivity contribution in [3.8, 4) is 0 Å². The molecule has 1 aliphatic rings. The molecule has 0 unspecified atom stereocenters. The van der Waals surface area contributed by atoms with Crippen LogP contribution in [0.1, 0.15) is 31.2 Å². The minimum Gasteiger partial charge on any atom is -0.408 e. The van der Waals surface area contributed by atoms with E-state index in [0.29, 0.717) is 24.4 Å². The van der Waals surface area contributed by atoms with Crippen LogP contribution in [-0.2, 0) is 21.4 Å². The zero-order chi connectivity index (χ0) is 22.0. The maximum absolute atomic E-state index is 13.0. The Bertz CT molecular complexity index is 1270. The van der Waals surface area contributed by atoms with Crippen LogP contribution < -0.4 is 11.1 Å². The predicted octanol–water partition coefficient (Wildman–Crippen LogP) is 2.50. The van der Waals surface area contributed by atoms with Gasteiger partial charge >= 0.3 is 5.76 Å². The number of nitrogens with one attached hydrogen (secondary N) is 1. The molecule has 0 aliphatic carbocycles.